The Morgan fingerprint density at radius 3 is 2.68 bits per heavy atom. The van der Waals surface area contributed by atoms with Crippen molar-refractivity contribution in [2.24, 2.45) is 0 Å². The molecule has 0 aliphatic rings. The zero-order valence-corrected chi connectivity index (χ0v) is 11.4. The van der Waals surface area contributed by atoms with E-state index in [2.05, 4.69) is 10.1 Å². The van der Waals surface area contributed by atoms with Crippen LogP contribution in [0.1, 0.15) is 16.8 Å². The Labute approximate surface area is 112 Å². The zero-order chi connectivity index (χ0) is 14.4. The molecule has 0 bridgehead atoms. The quantitative estimate of drug-likeness (QED) is 0.602. The van der Waals surface area contributed by atoms with E-state index in [4.69, 9.17) is 5.73 Å². The largest absolute Gasteiger partial charge is 0.465 e. The SMILES string of the molecule is CNC(=O)CCN(C)c1cccc(C(=O)OC)c1N. The van der Waals surface area contributed by atoms with Gasteiger partial charge in [0.1, 0.15) is 0 Å². The lowest BCUT2D eigenvalue weighted by atomic mass is 10.1. The number of esters is 1. The molecule has 6 heteroatoms. The molecule has 1 aromatic carbocycles. The third-order valence-corrected chi connectivity index (χ3v) is 2.85. The van der Waals surface area contributed by atoms with Crippen molar-refractivity contribution in [3.8, 4) is 0 Å². The molecule has 3 N–H and O–H groups in total. The molecule has 0 saturated carbocycles. The molecule has 1 amide bonds. The number of hydrogen-bond acceptors (Lipinski definition) is 5. The number of nitrogens with one attached hydrogen (secondary N) is 1. The normalized spacial score (nSPS) is 9.84. The van der Waals surface area contributed by atoms with Crippen LogP contribution >= 0.6 is 0 Å². The summed E-state index contributed by atoms with van der Waals surface area (Å²) in [5.74, 6) is -0.520. The van der Waals surface area contributed by atoms with Crippen LogP contribution in [0.25, 0.3) is 0 Å². The van der Waals surface area contributed by atoms with Crippen LogP contribution in [-0.4, -0.2) is 39.6 Å². The van der Waals surface area contributed by atoms with Gasteiger partial charge in [0.05, 0.1) is 24.0 Å². The summed E-state index contributed by atoms with van der Waals surface area (Å²) in [4.78, 5) is 24.6. The third-order valence-electron chi connectivity index (χ3n) is 2.85. The molecule has 0 unspecified atom stereocenters. The monoisotopic (exact) mass is 265 g/mol. The molecular weight excluding hydrogens is 246 g/mol. The Bertz CT molecular complexity index is 474. The number of para-hydroxylation sites is 1. The summed E-state index contributed by atoms with van der Waals surface area (Å²) in [5, 5.41) is 2.55. The summed E-state index contributed by atoms with van der Waals surface area (Å²) in [6.45, 7) is 0.508. The Morgan fingerprint density at radius 1 is 1.42 bits per heavy atom. The number of nitrogens with two attached hydrogens (primary N) is 1. The fraction of sp³-hybridized carbons (Fsp3) is 0.385. The first-order valence-corrected chi connectivity index (χ1v) is 5.89. The highest BCUT2D eigenvalue weighted by molar-refractivity contribution is 5.98. The molecule has 0 aliphatic carbocycles. The first-order chi connectivity index (χ1) is 9.01. The number of rotatable bonds is 5. The second-order valence-corrected chi connectivity index (χ2v) is 4.07. The smallest absolute Gasteiger partial charge is 0.340 e. The molecule has 0 aliphatic heterocycles. The van der Waals surface area contributed by atoms with E-state index >= 15 is 0 Å². The molecular formula is C13H19N3O3. The van der Waals surface area contributed by atoms with Gasteiger partial charge in [-0.1, -0.05) is 6.07 Å². The summed E-state index contributed by atoms with van der Waals surface area (Å²) in [5.41, 5.74) is 7.34. The van der Waals surface area contributed by atoms with Crippen molar-refractivity contribution in [2.45, 2.75) is 6.42 Å². The van der Waals surface area contributed by atoms with E-state index in [0.717, 1.165) is 0 Å². The number of benzene rings is 1. The zero-order valence-electron chi connectivity index (χ0n) is 11.4. The second-order valence-electron chi connectivity index (χ2n) is 4.07. The van der Waals surface area contributed by atoms with Gasteiger partial charge in [-0.2, -0.15) is 0 Å². The first kappa shape index (κ1) is 14.8. The topological polar surface area (TPSA) is 84.7 Å². The lowest BCUT2D eigenvalue weighted by Gasteiger charge is -2.21. The van der Waals surface area contributed by atoms with Crippen LogP contribution in [0.4, 0.5) is 11.4 Å². The summed E-state index contributed by atoms with van der Waals surface area (Å²) in [7, 11) is 4.72. The predicted molar refractivity (Wildman–Crippen MR) is 74.1 cm³/mol. The van der Waals surface area contributed by atoms with Gasteiger partial charge < -0.3 is 20.7 Å². The van der Waals surface area contributed by atoms with Gasteiger partial charge in [0, 0.05) is 27.1 Å². The number of amides is 1. The maximum atomic E-state index is 11.5. The number of anilines is 2. The summed E-state index contributed by atoms with van der Waals surface area (Å²) < 4.78 is 4.67. The highest BCUT2D eigenvalue weighted by atomic mass is 16.5. The van der Waals surface area contributed by atoms with Crippen LogP contribution in [0.3, 0.4) is 0 Å². The van der Waals surface area contributed by atoms with Gasteiger partial charge in [-0.05, 0) is 12.1 Å². The van der Waals surface area contributed by atoms with Gasteiger partial charge in [-0.3, -0.25) is 4.79 Å². The van der Waals surface area contributed by atoms with E-state index < -0.39 is 5.97 Å². The third kappa shape index (κ3) is 3.61. The molecule has 0 fully saturated rings. The maximum Gasteiger partial charge on any atom is 0.340 e. The van der Waals surface area contributed by atoms with Crippen LogP contribution in [0, 0.1) is 0 Å². The van der Waals surface area contributed by atoms with Crippen molar-refractivity contribution >= 4 is 23.3 Å². The van der Waals surface area contributed by atoms with Crippen molar-refractivity contribution in [1.29, 1.82) is 0 Å². The Balaban J connectivity index is 2.88. The lowest BCUT2D eigenvalue weighted by Crippen LogP contribution is -2.27. The molecule has 0 atom stereocenters. The van der Waals surface area contributed by atoms with Crippen molar-refractivity contribution in [1.82, 2.24) is 5.32 Å². The van der Waals surface area contributed by atoms with E-state index in [9.17, 15) is 9.59 Å². The summed E-state index contributed by atoms with van der Waals surface area (Å²) in [6, 6.07) is 5.14. The highest BCUT2D eigenvalue weighted by Gasteiger charge is 2.15. The average molecular weight is 265 g/mol. The van der Waals surface area contributed by atoms with Gasteiger partial charge in [0.25, 0.3) is 0 Å². The molecule has 1 aromatic rings. The van der Waals surface area contributed by atoms with Crippen molar-refractivity contribution < 1.29 is 14.3 Å². The standard InChI is InChI=1S/C13H19N3O3/c1-15-11(17)7-8-16(2)10-6-4-5-9(12(10)14)13(18)19-3/h4-6H,7-8,14H2,1-3H3,(H,15,17). The molecule has 0 aromatic heterocycles. The molecule has 104 valence electrons. The van der Waals surface area contributed by atoms with Gasteiger partial charge in [0.2, 0.25) is 5.91 Å². The van der Waals surface area contributed by atoms with Gasteiger partial charge >= 0.3 is 5.97 Å². The first-order valence-electron chi connectivity index (χ1n) is 5.89. The summed E-state index contributed by atoms with van der Waals surface area (Å²) >= 11 is 0. The van der Waals surface area contributed by atoms with E-state index in [1.807, 2.05) is 11.9 Å². The number of ether oxygens (including phenoxy) is 1. The van der Waals surface area contributed by atoms with Crippen LogP contribution in [0.2, 0.25) is 0 Å². The fourth-order valence-corrected chi connectivity index (χ4v) is 1.69. The summed E-state index contributed by atoms with van der Waals surface area (Å²) in [6.07, 6.45) is 0.356. The second kappa shape index (κ2) is 6.63. The number of carbonyl (C=O) groups excluding carboxylic acids is 2. The van der Waals surface area contributed by atoms with Crippen LogP contribution in [0.15, 0.2) is 18.2 Å². The van der Waals surface area contributed by atoms with Crippen molar-refractivity contribution in [2.75, 3.05) is 38.4 Å². The molecule has 19 heavy (non-hydrogen) atoms. The van der Waals surface area contributed by atoms with Gasteiger partial charge in [-0.15, -0.1) is 0 Å². The minimum atomic E-state index is -0.473. The molecule has 6 nitrogen and oxygen atoms in total. The fourth-order valence-electron chi connectivity index (χ4n) is 1.69. The number of nitrogens with zero attached hydrogens (tertiary/aromatic N) is 1. The Kier molecular flexibility index (Phi) is 5.17. The van der Waals surface area contributed by atoms with Gasteiger partial charge in [-0.25, -0.2) is 4.79 Å². The van der Waals surface area contributed by atoms with Crippen LogP contribution in [0.5, 0.6) is 0 Å². The Morgan fingerprint density at radius 2 is 2.11 bits per heavy atom. The average Bonchev–Trinajstić information content (AvgIpc) is 2.43. The van der Waals surface area contributed by atoms with E-state index in [1.165, 1.54) is 7.11 Å². The highest BCUT2D eigenvalue weighted by Crippen LogP contribution is 2.26. The maximum absolute atomic E-state index is 11.5. The minimum Gasteiger partial charge on any atom is -0.465 e. The predicted octanol–water partition coefficient (Wildman–Crippen LogP) is 0.628. The van der Waals surface area contributed by atoms with Crippen LogP contribution in [-0.2, 0) is 9.53 Å². The molecule has 0 radical (unpaired) electrons. The number of methoxy groups -OCH3 is 1. The van der Waals surface area contributed by atoms with E-state index in [0.29, 0.717) is 29.9 Å². The minimum absolute atomic E-state index is 0.0467. The molecule has 0 saturated heterocycles. The van der Waals surface area contributed by atoms with Gasteiger partial charge in [0.15, 0.2) is 0 Å². The van der Waals surface area contributed by atoms with Crippen molar-refractivity contribution in [3.05, 3.63) is 23.8 Å². The molecule has 0 heterocycles. The Hall–Kier alpha value is -2.24. The van der Waals surface area contributed by atoms with E-state index in [-0.39, 0.29) is 5.91 Å². The van der Waals surface area contributed by atoms with Crippen molar-refractivity contribution in [3.63, 3.8) is 0 Å². The lowest BCUT2D eigenvalue weighted by molar-refractivity contribution is -0.120. The number of nitrogen functional groups attached to an aromatic ring is 1. The number of carbonyl (C=O) groups is 2. The molecule has 1 rings (SSSR count). The molecule has 0 spiro atoms. The number of hydrogen-bond donors (Lipinski definition) is 2. The van der Waals surface area contributed by atoms with Crippen LogP contribution < -0.4 is 16.0 Å². The van der Waals surface area contributed by atoms with E-state index in [1.54, 1.807) is 25.2 Å².